The van der Waals surface area contributed by atoms with Crippen LogP contribution in [0.3, 0.4) is 0 Å². The van der Waals surface area contributed by atoms with Gasteiger partial charge in [0.2, 0.25) is 5.91 Å². The number of hydrogen-bond acceptors (Lipinski definition) is 7. The number of aromatic amines is 1. The molecule has 0 fully saturated rings. The van der Waals surface area contributed by atoms with Crippen LogP contribution in [0.2, 0.25) is 0 Å². The van der Waals surface area contributed by atoms with Crippen molar-refractivity contribution in [3.8, 4) is 0 Å². The van der Waals surface area contributed by atoms with Crippen LogP contribution in [-0.2, 0) is 21.2 Å². The Kier molecular flexibility index (Phi) is 4.55. The Labute approximate surface area is 167 Å². The summed E-state index contributed by atoms with van der Waals surface area (Å²) in [7, 11) is -3.36. The lowest BCUT2D eigenvalue weighted by Gasteiger charge is -2.06. The molecule has 0 aliphatic carbocycles. The summed E-state index contributed by atoms with van der Waals surface area (Å²) in [5.74, 6) is -0.602. The number of carbonyl (C=O) groups excluding carboxylic acids is 1. The number of anilines is 1. The van der Waals surface area contributed by atoms with Crippen molar-refractivity contribution in [1.82, 2.24) is 14.5 Å². The molecule has 0 saturated carbocycles. The van der Waals surface area contributed by atoms with Crippen molar-refractivity contribution in [3.05, 3.63) is 63.3 Å². The van der Waals surface area contributed by atoms with Gasteiger partial charge in [-0.25, -0.2) is 18.2 Å². The first-order valence-corrected chi connectivity index (χ1v) is 11.1. The number of benzene rings is 2. The Bertz CT molecular complexity index is 1500. The monoisotopic (exact) mass is 430 g/mol. The molecule has 0 atom stereocenters. The van der Waals surface area contributed by atoms with E-state index in [-0.39, 0.29) is 10.0 Å². The van der Waals surface area contributed by atoms with Gasteiger partial charge in [0.15, 0.2) is 15.0 Å². The van der Waals surface area contributed by atoms with Gasteiger partial charge in [-0.2, -0.15) is 0 Å². The van der Waals surface area contributed by atoms with E-state index in [1.54, 1.807) is 30.3 Å². The second kappa shape index (κ2) is 6.94. The van der Waals surface area contributed by atoms with E-state index in [0.29, 0.717) is 21.1 Å². The maximum absolute atomic E-state index is 12.5. The minimum atomic E-state index is -3.36. The van der Waals surface area contributed by atoms with Gasteiger partial charge in [0.25, 0.3) is 5.56 Å². The van der Waals surface area contributed by atoms with Gasteiger partial charge in [0.05, 0.1) is 26.0 Å². The third kappa shape index (κ3) is 3.69. The number of H-pyrrole nitrogens is 1. The van der Waals surface area contributed by atoms with E-state index in [9.17, 15) is 22.8 Å². The van der Waals surface area contributed by atoms with Gasteiger partial charge in [0.1, 0.15) is 6.54 Å². The van der Waals surface area contributed by atoms with E-state index in [1.165, 1.54) is 12.1 Å². The maximum atomic E-state index is 12.5. The van der Waals surface area contributed by atoms with E-state index in [0.717, 1.165) is 22.2 Å². The molecule has 2 N–H and O–H groups in total. The highest BCUT2D eigenvalue weighted by Gasteiger charge is 2.14. The second-order valence-electron chi connectivity index (χ2n) is 6.34. The molecule has 0 unspecified atom stereocenters. The first-order valence-electron chi connectivity index (χ1n) is 8.35. The summed E-state index contributed by atoms with van der Waals surface area (Å²) in [6.07, 6.45) is 1.11. The smallest absolute Gasteiger partial charge is 0.307 e. The lowest BCUT2D eigenvalue weighted by Crippen LogP contribution is -2.38. The second-order valence-corrected chi connectivity index (χ2v) is 9.38. The van der Waals surface area contributed by atoms with Gasteiger partial charge in [-0.05, 0) is 30.3 Å². The lowest BCUT2D eigenvalue weighted by molar-refractivity contribution is -0.116. The van der Waals surface area contributed by atoms with Crippen LogP contribution in [0, 0.1) is 0 Å². The molecule has 2 heterocycles. The van der Waals surface area contributed by atoms with Crippen molar-refractivity contribution in [2.45, 2.75) is 11.4 Å². The molecule has 0 radical (unpaired) electrons. The molecule has 0 bridgehead atoms. The molecule has 0 aliphatic rings. The maximum Gasteiger partial charge on any atom is 0.329 e. The number of thiazole rings is 1. The Balaban J connectivity index is 1.61. The van der Waals surface area contributed by atoms with Crippen molar-refractivity contribution in [1.29, 1.82) is 0 Å². The van der Waals surface area contributed by atoms with Crippen LogP contribution in [0.1, 0.15) is 0 Å². The molecule has 0 spiro atoms. The highest BCUT2D eigenvalue weighted by molar-refractivity contribution is 7.90. The number of fused-ring (bicyclic) bond motifs is 2. The van der Waals surface area contributed by atoms with Crippen LogP contribution in [-0.4, -0.2) is 35.1 Å². The number of rotatable bonds is 4. The number of nitrogens with zero attached hydrogens (tertiary/aromatic N) is 2. The van der Waals surface area contributed by atoms with Crippen LogP contribution in [0.25, 0.3) is 21.1 Å². The zero-order chi connectivity index (χ0) is 20.8. The molecule has 29 heavy (non-hydrogen) atoms. The summed E-state index contributed by atoms with van der Waals surface area (Å²) in [5.41, 5.74) is -0.335. The third-order valence-electron chi connectivity index (χ3n) is 4.23. The fourth-order valence-electron chi connectivity index (χ4n) is 2.83. The topological polar surface area (TPSA) is 131 Å². The normalized spacial score (nSPS) is 11.8. The average Bonchev–Trinajstić information content (AvgIpc) is 3.05. The molecule has 2 aromatic carbocycles. The Morgan fingerprint density at radius 2 is 1.97 bits per heavy atom. The molecule has 0 saturated heterocycles. The van der Waals surface area contributed by atoms with Gasteiger partial charge in [-0.3, -0.25) is 14.2 Å². The standard InChI is InChI=1S/C18H14N4O5S2/c1-29(26,27)10-6-7-13-14(8-10)28-17(19-13)21-15(23)9-22-16(24)11-4-2-3-5-12(11)20-18(22)25/h2-8H,9H2,1H3,(H,20,25)(H,19,21,23). The van der Waals surface area contributed by atoms with Crippen molar-refractivity contribution in [2.24, 2.45) is 0 Å². The number of hydrogen-bond donors (Lipinski definition) is 2. The minimum Gasteiger partial charge on any atom is -0.307 e. The number of para-hydroxylation sites is 1. The molecular formula is C18H14N4O5S2. The largest absolute Gasteiger partial charge is 0.329 e. The molecule has 9 nitrogen and oxygen atoms in total. The van der Waals surface area contributed by atoms with Gasteiger partial charge in [0, 0.05) is 6.26 Å². The molecule has 2 aromatic heterocycles. The number of aromatic nitrogens is 3. The first-order chi connectivity index (χ1) is 13.7. The third-order valence-corrected chi connectivity index (χ3v) is 6.27. The van der Waals surface area contributed by atoms with Crippen LogP contribution in [0.15, 0.2) is 56.9 Å². The van der Waals surface area contributed by atoms with E-state index in [1.807, 2.05) is 0 Å². The van der Waals surface area contributed by atoms with Gasteiger partial charge < -0.3 is 10.3 Å². The summed E-state index contributed by atoms with van der Waals surface area (Å²) in [5, 5.41) is 3.08. The Morgan fingerprint density at radius 3 is 2.72 bits per heavy atom. The Hall–Kier alpha value is -3.31. The average molecular weight is 430 g/mol. The number of sulfone groups is 1. The van der Waals surface area contributed by atoms with Gasteiger partial charge in [-0.1, -0.05) is 23.5 Å². The molecule has 11 heteroatoms. The van der Waals surface area contributed by atoms with E-state index < -0.39 is 33.5 Å². The SMILES string of the molecule is CS(=O)(=O)c1ccc2nc(NC(=O)Cn3c(=O)[nH]c4ccccc4c3=O)sc2c1. The fraction of sp³-hybridized carbons (Fsp3) is 0.111. The molecule has 0 aliphatic heterocycles. The number of nitrogens with one attached hydrogen (secondary N) is 2. The highest BCUT2D eigenvalue weighted by atomic mass is 32.2. The van der Waals surface area contributed by atoms with E-state index >= 15 is 0 Å². The first kappa shape index (κ1) is 19.0. The zero-order valence-corrected chi connectivity index (χ0v) is 16.6. The molecule has 148 valence electrons. The van der Waals surface area contributed by atoms with E-state index in [4.69, 9.17) is 0 Å². The van der Waals surface area contributed by atoms with Crippen LogP contribution in [0.5, 0.6) is 0 Å². The van der Waals surface area contributed by atoms with Gasteiger partial charge in [-0.15, -0.1) is 0 Å². The summed E-state index contributed by atoms with van der Waals surface area (Å²) < 4.78 is 24.7. The van der Waals surface area contributed by atoms with Crippen LogP contribution < -0.4 is 16.6 Å². The summed E-state index contributed by atoms with van der Waals surface area (Å²) in [6, 6.07) is 11.0. The van der Waals surface area contributed by atoms with Crippen molar-refractivity contribution >= 4 is 53.3 Å². The van der Waals surface area contributed by atoms with Gasteiger partial charge >= 0.3 is 5.69 Å². The Morgan fingerprint density at radius 1 is 1.21 bits per heavy atom. The van der Waals surface area contributed by atoms with Crippen molar-refractivity contribution < 1.29 is 13.2 Å². The zero-order valence-electron chi connectivity index (χ0n) is 15.0. The number of amides is 1. The quantitative estimate of drug-likeness (QED) is 0.502. The summed E-state index contributed by atoms with van der Waals surface area (Å²) >= 11 is 1.10. The van der Waals surface area contributed by atoms with Crippen LogP contribution in [0.4, 0.5) is 5.13 Å². The molecule has 1 amide bonds. The van der Waals surface area contributed by atoms with Crippen LogP contribution >= 0.6 is 11.3 Å². The minimum absolute atomic E-state index is 0.153. The lowest BCUT2D eigenvalue weighted by atomic mass is 10.2. The highest BCUT2D eigenvalue weighted by Crippen LogP contribution is 2.28. The van der Waals surface area contributed by atoms with Crippen molar-refractivity contribution in [3.63, 3.8) is 0 Å². The molecule has 4 aromatic rings. The van der Waals surface area contributed by atoms with Crippen molar-refractivity contribution in [2.75, 3.05) is 11.6 Å². The molecular weight excluding hydrogens is 416 g/mol. The summed E-state index contributed by atoms with van der Waals surface area (Å²) in [4.78, 5) is 44.0. The predicted molar refractivity (Wildman–Crippen MR) is 110 cm³/mol. The molecule has 4 rings (SSSR count). The fourth-order valence-corrected chi connectivity index (χ4v) is 4.48. The summed E-state index contributed by atoms with van der Waals surface area (Å²) in [6.45, 7) is -0.483. The van der Waals surface area contributed by atoms with E-state index in [2.05, 4.69) is 15.3 Å². The number of carbonyl (C=O) groups is 1. The predicted octanol–water partition coefficient (Wildman–Crippen LogP) is 1.34.